The van der Waals surface area contributed by atoms with E-state index in [9.17, 15) is 14.2 Å². The van der Waals surface area contributed by atoms with Crippen molar-refractivity contribution in [1.82, 2.24) is 0 Å². The van der Waals surface area contributed by atoms with E-state index in [0.29, 0.717) is 6.42 Å². The molecule has 0 aromatic carbocycles. The minimum atomic E-state index is -4.74. The third kappa shape index (κ3) is 31.5. The minimum Gasteiger partial charge on any atom is -0.462 e. The summed E-state index contributed by atoms with van der Waals surface area (Å²) in [7, 11) is -4.74. The molecule has 8 nitrogen and oxygen atoms in total. The molecule has 1 atom stereocenters. The zero-order valence-electron chi connectivity index (χ0n) is 26.6. The molecule has 0 aliphatic carbocycles. The first-order valence-electron chi connectivity index (χ1n) is 16.6. The summed E-state index contributed by atoms with van der Waals surface area (Å²) < 4.78 is 26.2. The predicted molar refractivity (Wildman–Crippen MR) is 170 cm³/mol. The quantitative estimate of drug-likeness (QED) is 0.0355. The second-order valence-electron chi connectivity index (χ2n) is 11.1. The standard InChI is InChI=1S/C33H61O8P/c1-3-5-7-9-11-13-15-16-17-18-20-22-24-26-28-33(35)41-31(30-40-42(36,37)38)29-39-32(34)27-25-23-21-19-14-12-10-8-6-4-2/h9,11,15-16,31H,3-8,10,12-14,17-30H2,1-2H3,(H2,36,37,38)/b11-9-,16-15-. The van der Waals surface area contributed by atoms with Gasteiger partial charge in [-0.15, -0.1) is 0 Å². The van der Waals surface area contributed by atoms with Crippen LogP contribution < -0.4 is 0 Å². The fourth-order valence-corrected chi connectivity index (χ4v) is 4.81. The number of unbranched alkanes of at least 4 members (excludes halogenated alkanes) is 16. The summed E-state index contributed by atoms with van der Waals surface area (Å²) in [6, 6.07) is 0. The molecule has 9 heteroatoms. The fourth-order valence-electron chi connectivity index (χ4n) is 4.45. The third-order valence-electron chi connectivity index (χ3n) is 6.97. The predicted octanol–water partition coefficient (Wildman–Crippen LogP) is 9.29. The fraction of sp³-hybridized carbons (Fsp3) is 0.818. The Labute approximate surface area is 256 Å². The number of allylic oxidation sites excluding steroid dienone is 4. The van der Waals surface area contributed by atoms with Gasteiger partial charge in [0.05, 0.1) is 6.61 Å². The maximum Gasteiger partial charge on any atom is 0.469 e. The first-order valence-corrected chi connectivity index (χ1v) is 18.2. The van der Waals surface area contributed by atoms with E-state index in [-0.39, 0.29) is 19.4 Å². The molecule has 0 aliphatic rings. The third-order valence-corrected chi connectivity index (χ3v) is 7.46. The maximum atomic E-state index is 12.3. The number of phosphoric acid groups is 1. The Morgan fingerprint density at radius 2 is 1.10 bits per heavy atom. The Kier molecular flexibility index (Phi) is 28.6. The Morgan fingerprint density at radius 3 is 1.64 bits per heavy atom. The molecular formula is C33H61O8P. The van der Waals surface area contributed by atoms with Crippen molar-refractivity contribution in [3.05, 3.63) is 24.3 Å². The van der Waals surface area contributed by atoms with Crippen LogP contribution in [0.25, 0.3) is 0 Å². The van der Waals surface area contributed by atoms with Gasteiger partial charge in [0.15, 0.2) is 6.10 Å². The summed E-state index contributed by atoms with van der Waals surface area (Å²) >= 11 is 0. The highest BCUT2D eigenvalue weighted by Gasteiger charge is 2.22. The zero-order chi connectivity index (χ0) is 31.2. The average molecular weight is 617 g/mol. The van der Waals surface area contributed by atoms with E-state index >= 15 is 0 Å². The SMILES string of the molecule is CCCC/C=C\C/C=C\CCCCCCCC(=O)OC(COC(=O)CCCCCCCCCCCC)COP(=O)(O)O. The second-order valence-corrected chi connectivity index (χ2v) is 12.4. The van der Waals surface area contributed by atoms with Crippen LogP contribution in [0.3, 0.4) is 0 Å². The van der Waals surface area contributed by atoms with Gasteiger partial charge in [0, 0.05) is 12.8 Å². The lowest BCUT2D eigenvalue weighted by atomic mass is 10.1. The molecule has 0 aromatic rings. The summed E-state index contributed by atoms with van der Waals surface area (Å²) in [5, 5.41) is 0. The molecule has 0 heterocycles. The molecule has 0 fully saturated rings. The molecule has 0 radical (unpaired) electrons. The number of carbonyl (C=O) groups excluding carboxylic acids is 2. The molecule has 0 aliphatic heterocycles. The Hall–Kier alpha value is -1.47. The van der Waals surface area contributed by atoms with Gasteiger partial charge in [-0.05, 0) is 38.5 Å². The number of rotatable bonds is 30. The normalized spacial score (nSPS) is 12.8. The van der Waals surface area contributed by atoms with Gasteiger partial charge in [-0.3, -0.25) is 14.1 Å². The monoisotopic (exact) mass is 616 g/mol. The molecule has 0 aromatic heterocycles. The summed E-state index contributed by atoms with van der Waals surface area (Å²) in [4.78, 5) is 42.4. The molecule has 0 saturated carbocycles. The van der Waals surface area contributed by atoms with Gasteiger partial charge in [0.25, 0.3) is 0 Å². The summed E-state index contributed by atoms with van der Waals surface area (Å²) in [5.74, 6) is -0.903. The highest BCUT2D eigenvalue weighted by atomic mass is 31.2. The molecule has 0 bridgehead atoms. The van der Waals surface area contributed by atoms with Crippen LogP contribution in [0.5, 0.6) is 0 Å². The van der Waals surface area contributed by atoms with Gasteiger partial charge in [-0.2, -0.15) is 0 Å². The maximum absolute atomic E-state index is 12.3. The van der Waals surface area contributed by atoms with E-state index in [4.69, 9.17) is 19.3 Å². The Bertz CT molecular complexity index is 746. The van der Waals surface area contributed by atoms with Crippen molar-refractivity contribution in [2.24, 2.45) is 0 Å². The van der Waals surface area contributed by atoms with Crippen LogP contribution in [0.15, 0.2) is 24.3 Å². The molecule has 0 saturated heterocycles. The molecule has 1 unspecified atom stereocenters. The van der Waals surface area contributed by atoms with Crippen molar-refractivity contribution < 1.29 is 37.9 Å². The summed E-state index contributed by atoms with van der Waals surface area (Å²) in [6.07, 6.45) is 30.4. The van der Waals surface area contributed by atoms with Gasteiger partial charge in [-0.1, -0.05) is 128 Å². The van der Waals surface area contributed by atoms with Crippen LogP contribution in [0.4, 0.5) is 0 Å². The number of hydrogen-bond acceptors (Lipinski definition) is 6. The number of hydrogen-bond donors (Lipinski definition) is 2. The molecular weight excluding hydrogens is 555 g/mol. The van der Waals surface area contributed by atoms with Crippen molar-refractivity contribution in [2.75, 3.05) is 13.2 Å². The van der Waals surface area contributed by atoms with E-state index in [1.807, 2.05) is 0 Å². The first kappa shape index (κ1) is 40.5. The largest absolute Gasteiger partial charge is 0.469 e. The van der Waals surface area contributed by atoms with Crippen molar-refractivity contribution in [3.8, 4) is 0 Å². The van der Waals surface area contributed by atoms with E-state index in [1.165, 1.54) is 57.8 Å². The number of esters is 2. The summed E-state index contributed by atoms with van der Waals surface area (Å²) in [6.45, 7) is 3.59. The zero-order valence-corrected chi connectivity index (χ0v) is 27.5. The Balaban J connectivity index is 4.05. The van der Waals surface area contributed by atoms with Gasteiger partial charge in [0.2, 0.25) is 0 Å². The number of phosphoric ester groups is 1. The van der Waals surface area contributed by atoms with Gasteiger partial charge < -0.3 is 19.3 Å². The van der Waals surface area contributed by atoms with Crippen LogP contribution in [-0.4, -0.2) is 41.0 Å². The van der Waals surface area contributed by atoms with Crippen molar-refractivity contribution >= 4 is 19.8 Å². The van der Waals surface area contributed by atoms with Crippen molar-refractivity contribution in [2.45, 2.75) is 161 Å². The highest BCUT2D eigenvalue weighted by molar-refractivity contribution is 7.46. The van der Waals surface area contributed by atoms with E-state index in [2.05, 4.69) is 42.7 Å². The van der Waals surface area contributed by atoms with Gasteiger partial charge >= 0.3 is 19.8 Å². The molecule has 42 heavy (non-hydrogen) atoms. The molecule has 0 rings (SSSR count). The van der Waals surface area contributed by atoms with Crippen LogP contribution in [0.1, 0.15) is 155 Å². The van der Waals surface area contributed by atoms with Crippen LogP contribution >= 0.6 is 7.82 Å². The lowest BCUT2D eigenvalue weighted by Gasteiger charge is -2.18. The highest BCUT2D eigenvalue weighted by Crippen LogP contribution is 2.35. The van der Waals surface area contributed by atoms with Gasteiger partial charge in [0.1, 0.15) is 6.61 Å². The second kappa shape index (κ2) is 29.6. The molecule has 0 spiro atoms. The molecule has 246 valence electrons. The minimum absolute atomic E-state index is 0.198. The van der Waals surface area contributed by atoms with Crippen LogP contribution in [0.2, 0.25) is 0 Å². The topological polar surface area (TPSA) is 119 Å². The first-order chi connectivity index (χ1) is 20.3. The van der Waals surface area contributed by atoms with E-state index in [1.54, 1.807) is 0 Å². The molecule has 0 amide bonds. The average Bonchev–Trinajstić information content (AvgIpc) is 2.95. The van der Waals surface area contributed by atoms with Crippen molar-refractivity contribution in [1.29, 1.82) is 0 Å². The Morgan fingerprint density at radius 1 is 0.619 bits per heavy atom. The van der Waals surface area contributed by atoms with Crippen LogP contribution in [-0.2, 0) is 28.2 Å². The van der Waals surface area contributed by atoms with Crippen molar-refractivity contribution in [3.63, 3.8) is 0 Å². The van der Waals surface area contributed by atoms with Crippen LogP contribution in [0, 0.1) is 0 Å². The summed E-state index contributed by atoms with van der Waals surface area (Å²) in [5.41, 5.74) is 0. The lowest BCUT2D eigenvalue weighted by Crippen LogP contribution is -2.29. The van der Waals surface area contributed by atoms with Gasteiger partial charge in [-0.25, -0.2) is 4.57 Å². The van der Waals surface area contributed by atoms with E-state index in [0.717, 1.165) is 64.2 Å². The molecule has 2 N–H and O–H groups in total. The lowest BCUT2D eigenvalue weighted by molar-refractivity contribution is -0.161. The number of carbonyl (C=O) groups is 2. The number of ether oxygens (including phenoxy) is 2. The smallest absolute Gasteiger partial charge is 0.462 e. The van der Waals surface area contributed by atoms with E-state index < -0.39 is 32.5 Å².